The summed E-state index contributed by atoms with van der Waals surface area (Å²) in [6, 6.07) is 8.95. The molecule has 1 atom stereocenters. The number of carbonyl (C=O) groups excluding carboxylic acids is 1. The van der Waals surface area contributed by atoms with Gasteiger partial charge >= 0.3 is 6.03 Å². The number of nitrogens with zero attached hydrogens (tertiary/aromatic N) is 2. The van der Waals surface area contributed by atoms with Gasteiger partial charge in [-0.25, -0.2) is 18.7 Å². The number of nitrogens with one attached hydrogen (secondary N) is 2. The maximum atomic E-state index is 13.3. The van der Waals surface area contributed by atoms with Crippen molar-refractivity contribution in [2.45, 2.75) is 24.2 Å². The zero-order chi connectivity index (χ0) is 21.6. The number of fused-ring (bicyclic) bond motifs is 2. The van der Waals surface area contributed by atoms with Crippen LogP contribution >= 0.6 is 11.3 Å². The predicted molar refractivity (Wildman–Crippen MR) is 123 cm³/mol. The molecule has 0 radical (unpaired) electrons. The summed E-state index contributed by atoms with van der Waals surface area (Å²) in [5.41, 5.74) is 5.19. The standard InChI is InChI=1S/C22H20N4O3S2/c1-13-21-18(9-11-30-21)31(28,25-13)26-22(27)24-20-16-5-3-4-14(16)6-7-17(20)15-8-10-23-19(12-15)29-2/h6-12H,1,3-5H2,2H3,(H2,24,25,26,27,28). The summed E-state index contributed by atoms with van der Waals surface area (Å²) in [4.78, 5) is 18.4. The number of hydrogen-bond acceptors (Lipinski definition) is 6. The highest BCUT2D eigenvalue weighted by Gasteiger charge is 2.29. The third-order valence-corrected chi connectivity index (χ3v) is 8.40. The molecule has 1 aliphatic carbocycles. The van der Waals surface area contributed by atoms with Gasteiger partial charge in [-0.15, -0.1) is 11.3 Å². The Labute approximate surface area is 184 Å². The summed E-state index contributed by atoms with van der Waals surface area (Å²) >= 11 is 1.41. The lowest BCUT2D eigenvalue weighted by Crippen LogP contribution is -2.33. The van der Waals surface area contributed by atoms with Gasteiger partial charge in [0.2, 0.25) is 5.88 Å². The SMILES string of the molecule is C=C1N=S(=O)(NC(=O)Nc2c(-c3ccnc(OC)c3)ccc3c2CCC3)c2ccsc21. The number of aromatic nitrogens is 1. The van der Waals surface area contributed by atoms with Gasteiger partial charge < -0.3 is 10.1 Å². The molecule has 0 saturated carbocycles. The number of aryl methyl sites for hydroxylation is 1. The van der Waals surface area contributed by atoms with Crippen LogP contribution in [-0.2, 0) is 22.8 Å². The molecule has 2 N–H and O–H groups in total. The molecule has 2 aliphatic rings. The monoisotopic (exact) mass is 452 g/mol. The van der Waals surface area contributed by atoms with E-state index in [2.05, 4.69) is 32.0 Å². The second-order valence-electron chi connectivity index (χ2n) is 7.30. The number of urea groups is 1. The summed E-state index contributed by atoms with van der Waals surface area (Å²) in [5.74, 6) is 0.490. The number of ether oxygens (including phenoxy) is 1. The van der Waals surface area contributed by atoms with Crippen molar-refractivity contribution in [1.82, 2.24) is 9.71 Å². The molecule has 0 spiro atoms. The molecule has 0 saturated heterocycles. The molecule has 9 heteroatoms. The highest BCUT2D eigenvalue weighted by molar-refractivity contribution is 7.93. The molecule has 1 unspecified atom stereocenters. The maximum Gasteiger partial charge on any atom is 0.331 e. The van der Waals surface area contributed by atoms with E-state index >= 15 is 0 Å². The van der Waals surface area contributed by atoms with Gasteiger partial charge in [-0.05, 0) is 53.5 Å². The molecular weight excluding hydrogens is 432 g/mol. The Morgan fingerprint density at radius 2 is 2.13 bits per heavy atom. The number of methoxy groups -OCH3 is 1. The minimum atomic E-state index is -3.10. The van der Waals surface area contributed by atoms with Crippen molar-refractivity contribution in [1.29, 1.82) is 0 Å². The molecular formula is C22H20N4O3S2. The minimum absolute atomic E-state index is 0.431. The number of carbonyl (C=O) groups is 1. The second-order valence-corrected chi connectivity index (χ2v) is 10.1. The van der Waals surface area contributed by atoms with Crippen LogP contribution in [0.15, 0.2) is 57.7 Å². The van der Waals surface area contributed by atoms with Crippen molar-refractivity contribution >= 4 is 38.7 Å². The largest absolute Gasteiger partial charge is 0.481 e. The lowest BCUT2D eigenvalue weighted by molar-refractivity contribution is 0.257. The number of anilines is 1. The minimum Gasteiger partial charge on any atom is -0.481 e. The van der Waals surface area contributed by atoms with Crippen molar-refractivity contribution in [3.63, 3.8) is 0 Å². The summed E-state index contributed by atoms with van der Waals surface area (Å²) in [6.07, 6.45) is 4.53. The van der Waals surface area contributed by atoms with E-state index in [4.69, 9.17) is 4.74 Å². The quantitative estimate of drug-likeness (QED) is 0.592. The normalized spacial score (nSPS) is 18.8. The van der Waals surface area contributed by atoms with E-state index in [1.165, 1.54) is 16.9 Å². The Hall–Kier alpha value is -3.17. The fourth-order valence-electron chi connectivity index (χ4n) is 4.05. The van der Waals surface area contributed by atoms with Crippen LogP contribution in [0.4, 0.5) is 10.5 Å². The van der Waals surface area contributed by atoms with Gasteiger partial charge in [-0.3, -0.25) is 0 Å². The topological polar surface area (TPSA) is 92.7 Å². The van der Waals surface area contributed by atoms with Crippen molar-refractivity contribution in [3.05, 3.63) is 64.5 Å². The Morgan fingerprint density at radius 1 is 1.26 bits per heavy atom. The zero-order valence-corrected chi connectivity index (χ0v) is 18.4. The van der Waals surface area contributed by atoms with E-state index < -0.39 is 15.9 Å². The van der Waals surface area contributed by atoms with E-state index in [9.17, 15) is 9.00 Å². The van der Waals surface area contributed by atoms with Crippen molar-refractivity contribution in [2.24, 2.45) is 4.36 Å². The fraction of sp³-hybridized carbons (Fsp3) is 0.182. The van der Waals surface area contributed by atoms with Gasteiger partial charge in [-0.1, -0.05) is 18.7 Å². The molecule has 3 aromatic rings. The van der Waals surface area contributed by atoms with Crippen molar-refractivity contribution in [3.8, 4) is 17.0 Å². The lowest BCUT2D eigenvalue weighted by atomic mass is 9.98. The molecule has 1 aliphatic heterocycles. The first-order valence-corrected chi connectivity index (χ1v) is 12.2. The third-order valence-electron chi connectivity index (χ3n) is 5.44. The molecule has 7 nitrogen and oxygen atoms in total. The molecule has 2 amide bonds. The average Bonchev–Trinajstić information content (AvgIpc) is 3.47. The second kappa shape index (κ2) is 7.51. The van der Waals surface area contributed by atoms with Crippen LogP contribution in [0, 0.1) is 0 Å². The van der Waals surface area contributed by atoms with Crippen LogP contribution in [0.3, 0.4) is 0 Å². The number of thiophene rings is 1. The van der Waals surface area contributed by atoms with Crippen LogP contribution in [0.2, 0.25) is 0 Å². The molecule has 2 aromatic heterocycles. The van der Waals surface area contributed by atoms with Gasteiger partial charge in [0.25, 0.3) is 0 Å². The highest BCUT2D eigenvalue weighted by atomic mass is 32.2. The van der Waals surface area contributed by atoms with Crippen LogP contribution in [0.5, 0.6) is 5.88 Å². The summed E-state index contributed by atoms with van der Waals surface area (Å²) in [5, 5.41) is 4.78. The summed E-state index contributed by atoms with van der Waals surface area (Å²) in [6.45, 7) is 3.85. The van der Waals surface area contributed by atoms with Gasteiger partial charge in [0.1, 0.15) is 0 Å². The number of amides is 2. The molecule has 5 rings (SSSR count). The van der Waals surface area contributed by atoms with Crippen LogP contribution in [0.25, 0.3) is 16.8 Å². The third kappa shape index (κ3) is 3.39. The van der Waals surface area contributed by atoms with Gasteiger partial charge in [0, 0.05) is 17.8 Å². The Morgan fingerprint density at radius 3 is 2.97 bits per heavy atom. The van der Waals surface area contributed by atoms with E-state index in [0.29, 0.717) is 22.2 Å². The van der Waals surface area contributed by atoms with E-state index in [1.807, 2.05) is 23.6 Å². The lowest BCUT2D eigenvalue weighted by Gasteiger charge is -2.17. The molecule has 31 heavy (non-hydrogen) atoms. The maximum absolute atomic E-state index is 13.3. The van der Waals surface area contributed by atoms with Crippen LogP contribution in [-0.4, -0.2) is 22.3 Å². The highest BCUT2D eigenvalue weighted by Crippen LogP contribution is 2.39. The van der Waals surface area contributed by atoms with E-state index in [0.717, 1.165) is 40.8 Å². The molecule has 3 heterocycles. The summed E-state index contributed by atoms with van der Waals surface area (Å²) < 4.78 is 25.3. The molecule has 1 aromatic carbocycles. The fourth-order valence-corrected chi connectivity index (χ4v) is 6.97. The number of pyridine rings is 1. The smallest absolute Gasteiger partial charge is 0.331 e. The van der Waals surface area contributed by atoms with Gasteiger partial charge in [0.15, 0.2) is 9.92 Å². The number of hydrogen-bond donors (Lipinski definition) is 2. The molecule has 158 valence electrons. The number of rotatable bonds is 4. The van der Waals surface area contributed by atoms with Gasteiger partial charge in [-0.2, -0.15) is 4.36 Å². The van der Waals surface area contributed by atoms with Crippen LogP contribution in [0.1, 0.15) is 22.4 Å². The first kappa shape index (κ1) is 19.8. The molecule has 0 fully saturated rings. The average molecular weight is 453 g/mol. The Kier molecular flexibility index (Phi) is 4.79. The molecule has 0 bridgehead atoms. The van der Waals surface area contributed by atoms with Crippen LogP contribution < -0.4 is 14.8 Å². The first-order valence-electron chi connectivity index (χ1n) is 9.76. The number of benzene rings is 1. The van der Waals surface area contributed by atoms with Gasteiger partial charge in [0.05, 0.1) is 28.3 Å². The zero-order valence-electron chi connectivity index (χ0n) is 16.8. The Balaban J connectivity index is 1.51. The Bertz CT molecular complexity index is 1350. The first-order chi connectivity index (χ1) is 15.0. The van der Waals surface area contributed by atoms with E-state index in [-0.39, 0.29) is 0 Å². The van der Waals surface area contributed by atoms with Crippen molar-refractivity contribution in [2.75, 3.05) is 12.4 Å². The predicted octanol–water partition coefficient (Wildman–Crippen LogP) is 4.86. The van der Waals surface area contributed by atoms with Crippen molar-refractivity contribution < 1.29 is 13.7 Å². The summed E-state index contributed by atoms with van der Waals surface area (Å²) in [7, 11) is -1.53. The van der Waals surface area contributed by atoms with E-state index in [1.54, 1.807) is 19.4 Å².